The van der Waals surface area contributed by atoms with Gasteiger partial charge in [0.25, 0.3) is 0 Å². The van der Waals surface area contributed by atoms with E-state index in [1.54, 1.807) is 13.8 Å². The number of carboxylic acid groups (broad SMARTS) is 1. The summed E-state index contributed by atoms with van der Waals surface area (Å²) in [6.45, 7) is 8.47. The number of phenolic OH excluding ortho intramolecular Hbond substituents is 3. The second-order valence-corrected chi connectivity index (χ2v) is 30.5. The van der Waals surface area contributed by atoms with Gasteiger partial charge in [-0.05, 0) is 117 Å². The van der Waals surface area contributed by atoms with Crippen molar-refractivity contribution >= 4 is 76.5 Å². The Morgan fingerprint density at radius 1 is 0.696 bits per heavy atom. The smallest absolute Gasteiger partial charge is 0.330 e. The number of aromatic hydroxyl groups is 3. The van der Waals surface area contributed by atoms with Crippen LogP contribution < -0.4 is 68.2 Å². The summed E-state index contributed by atoms with van der Waals surface area (Å²) in [5, 5.41) is 125. The first-order chi connectivity index (χ1) is 54.6. The minimum Gasteiger partial charge on any atom is -0.508 e. The number of aliphatic carboxylic acids is 1. The summed E-state index contributed by atoms with van der Waals surface area (Å²) in [6, 6.07) is -0.535. The van der Waals surface area contributed by atoms with E-state index in [1.165, 1.54) is 19.2 Å². The number of carboxylic acids is 1. The first kappa shape index (κ1) is 87.7. The molecule has 12 rings (SSSR count). The van der Waals surface area contributed by atoms with Gasteiger partial charge in [-0.2, -0.15) is 0 Å². The molecule has 21 N–H and O–H groups in total. The molecule has 35 nitrogen and oxygen atoms in total. The molecular formula is C78H98Cl2N10O25. The van der Waals surface area contributed by atoms with Crippen LogP contribution in [0.1, 0.15) is 163 Å². The quantitative estimate of drug-likeness (QED) is 0.0294. The number of nitrogens with two attached hydrogens (primary N) is 2. The number of benzene rings is 5. The Labute approximate surface area is 670 Å². The van der Waals surface area contributed by atoms with Crippen LogP contribution in [0.3, 0.4) is 0 Å². The molecule has 2 saturated heterocycles. The summed E-state index contributed by atoms with van der Waals surface area (Å²) in [5.41, 5.74) is 7.90. The maximum Gasteiger partial charge on any atom is 0.330 e. The third kappa shape index (κ3) is 20.7. The Bertz CT molecular complexity index is 4430. The minimum absolute atomic E-state index is 0.0534. The number of halogens is 2. The van der Waals surface area contributed by atoms with Gasteiger partial charge in [0.2, 0.25) is 53.4 Å². The lowest BCUT2D eigenvalue weighted by Gasteiger charge is -2.48. The molecule has 0 aromatic heterocycles. The third-order valence-electron chi connectivity index (χ3n) is 20.7. The number of phenols is 3. The van der Waals surface area contributed by atoms with Crippen molar-refractivity contribution in [2.45, 2.75) is 214 Å². The van der Waals surface area contributed by atoms with E-state index in [-0.39, 0.29) is 71.5 Å². The van der Waals surface area contributed by atoms with Crippen LogP contribution in [0.4, 0.5) is 0 Å². The van der Waals surface area contributed by atoms with Crippen LogP contribution in [0, 0.1) is 5.92 Å². The van der Waals surface area contributed by atoms with E-state index < -0.39 is 237 Å². The lowest BCUT2D eigenvalue weighted by atomic mass is 9.85. The molecule has 11 bridgehead atoms. The molecule has 7 aliphatic rings. The predicted molar refractivity (Wildman–Crippen MR) is 409 cm³/mol. The Morgan fingerprint density at radius 3 is 1.93 bits per heavy atom. The Hall–Kier alpha value is -9.73. The number of aliphatic hydroxyl groups is 5. The number of unbranched alkanes of at least 4 members (excludes halogenated alkanes) is 6. The number of carbonyl (C=O) groups excluding carboxylic acids is 8. The molecule has 5 aromatic carbocycles. The van der Waals surface area contributed by atoms with Crippen molar-refractivity contribution in [3.8, 4) is 57.1 Å². The number of amides is 7. The highest BCUT2D eigenvalue weighted by molar-refractivity contribution is 6.32. The normalized spacial score (nSPS) is 27.2. The maximum absolute atomic E-state index is 16.2. The van der Waals surface area contributed by atoms with E-state index in [0.29, 0.717) is 6.42 Å². The van der Waals surface area contributed by atoms with Gasteiger partial charge in [0.1, 0.15) is 96.1 Å². The fraction of sp³-hybridized carbons (Fsp3) is 0.500. The van der Waals surface area contributed by atoms with E-state index in [2.05, 4.69) is 49.5 Å². The Balaban J connectivity index is 1.15. The van der Waals surface area contributed by atoms with Crippen molar-refractivity contribution in [2.24, 2.45) is 17.4 Å². The number of ether oxygens (including phenoxy) is 7. The molecular weight excluding hydrogens is 1550 g/mol. The zero-order chi connectivity index (χ0) is 83.6. The Kier molecular flexibility index (Phi) is 29.2. The first-order valence-corrected chi connectivity index (χ1v) is 38.5. The van der Waals surface area contributed by atoms with Gasteiger partial charge in [-0.25, -0.2) is 4.79 Å². The van der Waals surface area contributed by atoms with Gasteiger partial charge in [-0.1, -0.05) is 101 Å². The van der Waals surface area contributed by atoms with Gasteiger partial charge in [-0.3, -0.25) is 38.4 Å². The minimum atomic E-state index is -2.35. The summed E-state index contributed by atoms with van der Waals surface area (Å²) >= 11 is 14.3. The number of rotatable bonds is 25. The van der Waals surface area contributed by atoms with Crippen molar-refractivity contribution in [3.63, 3.8) is 0 Å². The Morgan fingerprint density at radius 2 is 1.31 bits per heavy atom. The second-order valence-electron chi connectivity index (χ2n) is 29.7. The highest BCUT2D eigenvalue weighted by Crippen LogP contribution is 2.50. The summed E-state index contributed by atoms with van der Waals surface area (Å²) < 4.78 is 45.0. The molecule has 7 heterocycles. The molecule has 37 heteroatoms. The number of hydrogen-bond acceptors (Lipinski definition) is 27. The molecule has 0 unspecified atom stereocenters. The van der Waals surface area contributed by atoms with E-state index >= 15 is 14.4 Å². The second kappa shape index (κ2) is 38.4. The molecule has 7 amide bonds. The largest absolute Gasteiger partial charge is 0.508 e. The van der Waals surface area contributed by atoms with Crippen molar-refractivity contribution in [1.82, 2.24) is 42.5 Å². The van der Waals surface area contributed by atoms with Crippen LogP contribution in [-0.2, 0) is 62.1 Å². The lowest BCUT2D eigenvalue weighted by Crippen LogP contribution is -2.66. The highest BCUT2D eigenvalue weighted by atomic mass is 35.5. The number of aliphatic hydroxyl groups excluding tert-OH is 5. The van der Waals surface area contributed by atoms with Gasteiger partial charge < -0.3 is 133 Å². The van der Waals surface area contributed by atoms with Gasteiger partial charge in [0, 0.05) is 54.2 Å². The van der Waals surface area contributed by atoms with Gasteiger partial charge in [-0.15, -0.1) is 0 Å². The fourth-order valence-corrected chi connectivity index (χ4v) is 14.9. The summed E-state index contributed by atoms with van der Waals surface area (Å²) in [7, 11) is 1.48. The van der Waals surface area contributed by atoms with Crippen LogP contribution in [0.15, 0.2) is 78.9 Å². The average Bonchev–Trinajstić information content (AvgIpc) is 0.768. The van der Waals surface area contributed by atoms with Crippen molar-refractivity contribution < 1.29 is 122 Å². The predicted octanol–water partition coefficient (Wildman–Crippen LogP) is 3.39. The SMILES string of the molecule is CCCCCCCCCC(=O)OCCN[C@@]1(C)C[C@H](O[C@H]2[C@H](Oc3c4cc5cc3Oc3ccc(cc3Cl)[C@@H](O)[C@@H](NC(=O)[C@@H](CC(C)C)NC)C(=O)N[C@@H](CC(N)=O)C(=O)N[C@H]5C(=O)N[C@H]3C(=O)N[C@H](C(=O)N[C@H](C(=O)O)c5cc(O)cc(O)c5-c5cc3ccc5O)[C@H](O)c3ccc(c(Cl)c3)O4)O[C@H](CN)[C@@H](O)[C@@H]2O)O[C@@H](C)[C@H]1O. The fourth-order valence-electron chi connectivity index (χ4n) is 14.5. The zero-order valence-corrected chi connectivity index (χ0v) is 65.3. The highest BCUT2D eigenvalue weighted by Gasteiger charge is 2.52. The third-order valence-corrected chi connectivity index (χ3v) is 21.3. The molecule has 624 valence electrons. The maximum atomic E-state index is 16.2. The number of carbonyl (C=O) groups is 9. The molecule has 0 spiro atoms. The van der Waals surface area contributed by atoms with Crippen LogP contribution in [0.5, 0.6) is 46.0 Å². The molecule has 0 saturated carbocycles. The standard InChI is InChI=1S/C78H98Cl2N10O25/c1-7-8-9-10-11-12-13-14-55(95)109-22-21-84-78(5)32-56(110-35(4)69(78)100)114-68-66(99)65(98)53(33-81)113-77(68)115-67-51-27-39-28-52(67)112-50-20-17-38(26-44(50)80)64(97)62-75(106)88-60(76(107)108)42-29-40(91)30-48(93)57(42)41-24-36(15-18-47(41)92)58(72(103)90-62)87-73(104)59(39)86-71(102)46(31-54(82)94)85-74(105)61(89-70(101)45(83-6)23-34(2)3)63(96)37-16-19-49(111-51)43(79)25-37/h15-20,24-30,34-35,45-46,53,56,58-66,68-69,77,83-84,91-93,96-100H,7-14,21-23,31-33,81H2,1-6H3,(H2,82,94)(H,85,105)(H,86,102)(H,87,104)(H,88,106)(H,89,101)(H,90,103)(H,107,108)/t35-,45+,46-,53+,56-,58+,59+,60-,61+,62-,63+,64+,65+,66-,68+,69+,77-,78-/m0/s1. The monoisotopic (exact) mass is 1640 g/mol. The van der Waals surface area contributed by atoms with E-state index in [4.69, 9.17) is 67.8 Å². The number of hydrogen-bond donors (Lipinski definition) is 19. The van der Waals surface area contributed by atoms with Crippen LogP contribution in [0.25, 0.3) is 11.1 Å². The number of likely N-dealkylation sites (N-methyl/N-ethyl adjacent to an activating group) is 1. The van der Waals surface area contributed by atoms with E-state index in [1.807, 2.05) is 13.8 Å². The van der Waals surface area contributed by atoms with Crippen LogP contribution >= 0.6 is 23.2 Å². The topological polar surface area (TPSA) is 549 Å². The molecule has 0 radical (unpaired) electrons. The van der Waals surface area contributed by atoms with Crippen molar-refractivity contribution in [2.75, 3.05) is 26.7 Å². The molecule has 0 aliphatic carbocycles. The molecule has 115 heavy (non-hydrogen) atoms. The van der Waals surface area contributed by atoms with Crippen LogP contribution in [0.2, 0.25) is 10.0 Å². The average molecular weight is 1650 g/mol. The van der Waals surface area contributed by atoms with E-state index in [0.717, 1.165) is 105 Å². The van der Waals surface area contributed by atoms with Crippen molar-refractivity contribution in [1.29, 1.82) is 0 Å². The number of fused-ring (bicyclic) bond motifs is 15. The molecule has 5 aromatic rings. The van der Waals surface area contributed by atoms with Crippen molar-refractivity contribution in [3.05, 3.63) is 117 Å². The summed E-state index contributed by atoms with van der Waals surface area (Å²) in [4.78, 5) is 131. The zero-order valence-electron chi connectivity index (χ0n) is 63.8. The number of esters is 1. The van der Waals surface area contributed by atoms with Gasteiger partial charge in [0.05, 0.1) is 34.7 Å². The molecule has 7 aliphatic heterocycles. The van der Waals surface area contributed by atoms with Crippen LogP contribution in [-0.4, -0.2) is 205 Å². The lowest BCUT2D eigenvalue weighted by molar-refractivity contribution is -0.331. The first-order valence-electron chi connectivity index (χ1n) is 37.8. The summed E-state index contributed by atoms with van der Waals surface area (Å²) in [6.07, 6.45) is -11.0. The molecule has 18 atom stereocenters. The number of primary amides is 1. The number of nitrogens with one attached hydrogen (secondary N) is 8. The molecule has 2 fully saturated rings. The van der Waals surface area contributed by atoms with E-state index in [9.17, 15) is 74.7 Å². The van der Waals surface area contributed by atoms with Gasteiger partial charge in [0.15, 0.2) is 29.9 Å². The van der Waals surface area contributed by atoms with Gasteiger partial charge >= 0.3 is 11.9 Å². The summed E-state index contributed by atoms with van der Waals surface area (Å²) in [5.74, 6) is -16.3.